The topological polar surface area (TPSA) is 111 Å². The van der Waals surface area contributed by atoms with Gasteiger partial charge < -0.3 is 11.1 Å². The number of hydrogen-bond acceptors (Lipinski definition) is 7. The number of pyridine rings is 1. The van der Waals surface area contributed by atoms with Crippen molar-refractivity contribution in [2.45, 2.75) is 11.8 Å². The van der Waals surface area contributed by atoms with Gasteiger partial charge in [0.25, 0.3) is 0 Å². The second kappa shape index (κ2) is 6.72. The fourth-order valence-corrected chi connectivity index (χ4v) is 3.33. The number of sulfone groups is 1. The van der Waals surface area contributed by atoms with Crippen LogP contribution in [0.2, 0.25) is 0 Å². The maximum atomic E-state index is 11.7. The van der Waals surface area contributed by atoms with E-state index in [4.69, 9.17) is 5.73 Å². The monoisotopic (exact) mass is 369 g/mol. The molecule has 1 aromatic carbocycles. The molecule has 0 unspecified atom stereocenters. The highest BCUT2D eigenvalue weighted by atomic mass is 32.2. The first-order chi connectivity index (χ1) is 12.3. The standard InChI is InChI=1S/C18H19N5O2S/c1-11-16(13-6-9-15(20-2)21-10-13)17(23-18(19)22-11)12-4-7-14(8-5-12)26(3,24)25/h4-10H,1-3H3,(H,20,21)(H2,19,22,23). The molecule has 0 aliphatic carbocycles. The van der Waals surface area contributed by atoms with Gasteiger partial charge >= 0.3 is 0 Å². The van der Waals surface area contributed by atoms with Gasteiger partial charge in [-0.25, -0.2) is 23.4 Å². The molecule has 0 aliphatic rings. The average Bonchev–Trinajstić information content (AvgIpc) is 2.61. The van der Waals surface area contributed by atoms with Crippen molar-refractivity contribution in [3.8, 4) is 22.4 Å². The van der Waals surface area contributed by atoms with E-state index in [1.54, 1.807) is 37.5 Å². The number of nitrogens with one attached hydrogen (secondary N) is 1. The SMILES string of the molecule is CNc1ccc(-c2c(C)nc(N)nc2-c2ccc(S(C)(=O)=O)cc2)cn1. The van der Waals surface area contributed by atoms with Crippen LogP contribution in [-0.2, 0) is 9.84 Å². The molecule has 0 aliphatic heterocycles. The lowest BCUT2D eigenvalue weighted by Gasteiger charge is -2.13. The van der Waals surface area contributed by atoms with Crippen molar-refractivity contribution in [1.82, 2.24) is 15.0 Å². The summed E-state index contributed by atoms with van der Waals surface area (Å²) in [5.74, 6) is 0.912. The molecule has 0 saturated heterocycles. The van der Waals surface area contributed by atoms with Gasteiger partial charge in [-0.1, -0.05) is 12.1 Å². The van der Waals surface area contributed by atoms with Gasteiger partial charge in [-0.3, -0.25) is 0 Å². The Morgan fingerprint density at radius 3 is 2.19 bits per heavy atom. The van der Waals surface area contributed by atoms with E-state index in [1.807, 2.05) is 19.1 Å². The van der Waals surface area contributed by atoms with Crippen LogP contribution in [0.25, 0.3) is 22.4 Å². The Morgan fingerprint density at radius 1 is 1.00 bits per heavy atom. The van der Waals surface area contributed by atoms with Gasteiger partial charge in [-0.15, -0.1) is 0 Å². The fraction of sp³-hybridized carbons (Fsp3) is 0.167. The van der Waals surface area contributed by atoms with Crippen LogP contribution in [0.3, 0.4) is 0 Å². The molecule has 0 fully saturated rings. The van der Waals surface area contributed by atoms with Gasteiger partial charge in [0.05, 0.1) is 16.3 Å². The number of aromatic nitrogens is 3. The van der Waals surface area contributed by atoms with E-state index in [-0.39, 0.29) is 10.8 Å². The number of nitrogen functional groups attached to an aromatic ring is 1. The van der Waals surface area contributed by atoms with Gasteiger partial charge in [0.15, 0.2) is 9.84 Å². The summed E-state index contributed by atoms with van der Waals surface area (Å²) in [6.07, 6.45) is 2.91. The van der Waals surface area contributed by atoms with Crippen LogP contribution in [0.1, 0.15) is 5.69 Å². The molecule has 0 bridgehead atoms. The van der Waals surface area contributed by atoms with Crippen molar-refractivity contribution in [2.24, 2.45) is 0 Å². The summed E-state index contributed by atoms with van der Waals surface area (Å²) in [6, 6.07) is 10.3. The number of hydrogen-bond donors (Lipinski definition) is 2. The van der Waals surface area contributed by atoms with Crippen LogP contribution in [0, 0.1) is 6.92 Å². The third-order valence-electron chi connectivity index (χ3n) is 3.97. The normalized spacial score (nSPS) is 11.3. The summed E-state index contributed by atoms with van der Waals surface area (Å²) in [5, 5.41) is 2.98. The predicted molar refractivity (Wildman–Crippen MR) is 103 cm³/mol. The highest BCUT2D eigenvalue weighted by molar-refractivity contribution is 7.90. The van der Waals surface area contributed by atoms with E-state index in [0.29, 0.717) is 5.69 Å². The summed E-state index contributed by atoms with van der Waals surface area (Å²) in [4.78, 5) is 13.2. The van der Waals surface area contributed by atoms with Gasteiger partial charge in [-0.05, 0) is 31.2 Å². The Labute approximate surface area is 152 Å². The fourth-order valence-electron chi connectivity index (χ4n) is 2.70. The molecule has 3 rings (SSSR count). The zero-order valence-corrected chi connectivity index (χ0v) is 15.5. The quantitative estimate of drug-likeness (QED) is 0.727. The van der Waals surface area contributed by atoms with Crippen molar-refractivity contribution in [2.75, 3.05) is 24.4 Å². The molecule has 3 aromatic rings. The van der Waals surface area contributed by atoms with E-state index in [1.165, 1.54) is 6.26 Å². The summed E-state index contributed by atoms with van der Waals surface area (Å²) in [6.45, 7) is 1.85. The van der Waals surface area contributed by atoms with Crippen molar-refractivity contribution >= 4 is 21.6 Å². The zero-order valence-electron chi connectivity index (χ0n) is 14.7. The van der Waals surface area contributed by atoms with Crippen LogP contribution >= 0.6 is 0 Å². The van der Waals surface area contributed by atoms with E-state index in [0.717, 1.165) is 28.2 Å². The van der Waals surface area contributed by atoms with Crippen LogP contribution in [-0.4, -0.2) is 36.7 Å². The highest BCUT2D eigenvalue weighted by Crippen LogP contribution is 2.33. The lowest BCUT2D eigenvalue weighted by atomic mass is 9.99. The molecule has 0 radical (unpaired) electrons. The summed E-state index contributed by atoms with van der Waals surface area (Å²) >= 11 is 0. The van der Waals surface area contributed by atoms with Gasteiger partial charge in [0, 0.05) is 36.2 Å². The number of rotatable bonds is 4. The first kappa shape index (κ1) is 17.8. The molecule has 2 aromatic heterocycles. The molecule has 26 heavy (non-hydrogen) atoms. The summed E-state index contributed by atoms with van der Waals surface area (Å²) in [5.41, 5.74) is 9.61. The maximum absolute atomic E-state index is 11.7. The average molecular weight is 369 g/mol. The maximum Gasteiger partial charge on any atom is 0.220 e. The molecule has 8 heteroatoms. The molecule has 134 valence electrons. The van der Waals surface area contributed by atoms with Gasteiger partial charge in [0.2, 0.25) is 5.95 Å². The first-order valence-electron chi connectivity index (χ1n) is 7.88. The number of nitrogens with zero attached hydrogens (tertiary/aromatic N) is 3. The minimum atomic E-state index is -3.26. The number of nitrogens with two attached hydrogens (primary N) is 1. The second-order valence-corrected chi connectivity index (χ2v) is 7.89. The van der Waals surface area contributed by atoms with E-state index in [2.05, 4.69) is 20.3 Å². The van der Waals surface area contributed by atoms with Crippen molar-refractivity contribution in [3.05, 3.63) is 48.3 Å². The molecular formula is C18H19N5O2S. The van der Waals surface area contributed by atoms with E-state index < -0.39 is 9.84 Å². The van der Waals surface area contributed by atoms with Crippen molar-refractivity contribution < 1.29 is 8.42 Å². The largest absolute Gasteiger partial charge is 0.373 e. The number of benzene rings is 1. The molecule has 7 nitrogen and oxygen atoms in total. The van der Waals surface area contributed by atoms with Crippen molar-refractivity contribution in [1.29, 1.82) is 0 Å². The van der Waals surface area contributed by atoms with Gasteiger partial charge in [-0.2, -0.15) is 0 Å². The third-order valence-corrected chi connectivity index (χ3v) is 5.10. The molecule has 0 atom stereocenters. The van der Waals surface area contributed by atoms with Crippen LogP contribution < -0.4 is 11.1 Å². The zero-order chi connectivity index (χ0) is 18.9. The molecule has 2 heterocycles. The minimum Gasteiger partial charge on any atom is -0.373 e. The Balaban J connectivity index is 2.17. The highest BCUT2D eigenvalue weighted by Gasteiger charge is 2.16. The minimum absolute atomic E-state index is 0.160. The Morgan fingerprint density at radius 2 is 1.65 bits per heavy atom. The predicted octanol–water partition coefficient (Wildman–Crippen LogP) is 2.54. The lowest BCUT2D eigenvalue weighted by Crippen LogP contribution is -2.03. The molecular weight excluding hydrogens is 350 g/mol. The smallest absolute Gasteiger partial charge is 0.220 e. The first-order valence-corrected chi connectivity index (χ1v) is 9.77. The van der Waals surface area contributed by atoms with Gasteiger partial charge in [0.1, 0.15) is 5.82 Å². The Hall–Kier alpha value is -3.00. The van der Waals surface area contributed by atoms with Crippen LogP contribution in [0.4, 0.5) is 11.8 Å². The lowest BCUT2D eigenvalue weighted by molar-refractivity contribution is 0.602. The van der Waals surface area contributed by atoms with E-state index in [9.17, 15) is 8.42 Å². The second-order valence-electron chi connectivity index (χ2n) is 5.87. The summed E-state index contributed by atoms with van der Waals surface area (Å²) < 4.78 is 23.4. The Kier molecular flexibility index (Phi) is 4.60. The van der Waals surface area contributed by atoms with Crippen molar-refractivity contribution in [3.63, 3.8) is 0 Å². The summed E-state index contributed by atoms with van der Waals surface area (Å²) in [7, 11) is -1.46. The molecule has 0 spiro atoms. The number of anilines is 2. The third kappa shape index (κ3) is 3.50. The molecule has 0 saturated carbocycles. The number of aryl methyl sites for hydroxylation is 1. The molecule has 0 amide bonds. The Bertz CT molecular complexity index is 1050. The van der Waals surface area contributed by atoms with Crippen LogP contribution in [0.5, 0.6) is 0 Å². The molecule has 3 N–H and O–H groups in total. The van der Waals surface area contributed by atoms with E-state index >= 15 is 0 Å². The van der Waals surface area contributed by atoms with Crippen LogP contribution in [0.15, 0.2) is 47.5 Å².